The largest absolute Gasteiger partial charge is 0.487 e. The first-order valence-electron chi connectivity index (χ1n) is 7.49. The number of hydrogen-bond donors (Lipinski definition) is 3. The van der Waals surface area contributed by atoms with Crippen molar-refractivity contribution in [3.05, 3.63) is 65.9 Å². The normalized spacial score (nSPS) is 11.5. The maximum absolute atomic E-state index is 12.1. The van der Waals surface area contributed by atoms with Gasteiger partial charge in [0.1, 0.15) is 18.1 Å². The number of fused-ring (bicyclic) bond motifs is 1. The average Bonchev–Trinajstić information content (AvgIpc) is 3.05. The molecule has 4 N–H and O–H groups in total. The van der Waals surface area contributed by atoms with Gasteiger partial charge >= 0.3 is 0 Å². The summed E-state index contributed by atoms with van der Waals surface area (Å²) >= 11 is 0. The molecule has 3 rings (SSSR count). The van der Waals surface area contributed by atoms with Crippen molar-refractivity contribution in [2.45, 2.75) is 6.61 Å². The molecule has 24 heavy (non-hydrogen) atoms. The number of guanidine groups is 1. The second kappa shape index (κ2) is 6.87. The number of carbonyl (C=O) groups is 1. The lowest BCUT2D eigenvalue weighted by molar-refractivity contribution is 0.0972. The summed E-state index contributed by atoms with van der Waals surface area (Å²) in [4.78, 5) is 18.9. The van der Waals surface area contributed by atoms with E-state index in [4.69, 9.17) is 10.5 Å². The standard InChI is InChI=1S/C18H18N4O2/c1-20-18(19)22-17(23)14-10-13-8-5-9-15(16(13)21-14)24-11-12-6-3-2-4-7-12/h2-10,21H,11H2,1H3,(H3,19,20,22,23). The molecule has 0 bridgehead atoms. The third kappa shape index (κ3) is 3.38. The van der Waals surface area contributed by atoms with Crippen LogP contribution in [0.25, 0.3) is 10.9 Å². The van der Waals surface area contributed by atoms with Gasteiger partial charge in [0.2, 0.25) is 0 Å². The average molecular weight is 322 g/mol. The quantitative estimate of drug-likeness (QED) is 0.509. The van der Waals surface area contributed by atoms with Crippen molar-refractivity contribution in [2.75, 3.05) is 7.05 Å². The van der Waals surface area contributed by atoms with Gasteiger partial charge in [-0.1, -0.05) is 42.5 Å². The van der Waals surface area contributed by atoms with Gasteiger partial charge in [0, 0.05) is 12.4 Å². The molecular weight excluding hydrogens is 304 g/mol. The van der Waals surface area contributed by atoms with Crippen molar-refractivity contribution in [3.8, 4) is 5.75 Å². The molecule has 122 valence electrons. The van der Waals surface area contributed by atoms with Gasteiger partial charge in [-0.15, -0.1) is 0 Å². The Morgan fingerprint density at radius 2 is 2.00 bits per heavy atom. The fraction of sp³-hybridized carbons (Fsp3) is 0.111. The van der Waals surface area contributed by atoms with Crippen LogP contribution in [0, 0.1) is 0 Å². The number of nitrogens with zero attached hydrogens (tertiary/aromatic N) is 1. The zero-order valence-corrected chi connectivity index (χ0v) is 13.2. The van der Waals surface area contributed by atoms with Crippen molar-refractivity contribution in [1.29, 1.82) is 0 Å². The second-order valence-corrected chi connectivity index (χ2v) is 5.24. The lowest BCUT2D eigenvalue weighted by atomic mass is 10.2. The smallest absolute Gasteiger partial charge is 0.274 e. The first-order valence-corrected chi connectivity index (χ1v) is 7.49. The molecule has 0 unspecified atom stereocenters. The van der Waals surface area contributed by atoms with Gasteiger partial charge < -0.3 is 15.5 Å². The summed E-state index contributed by atoms with van der Waals surface area (Å²) in [5.74, 6) is 0.412. The summed E-state index contributed by atoms with van der Waals surface area (Å²) < 4.78 is 5.89. The molecule has 1 amide bonds. The molecule has 0 aliphatic rings. The molecule has 1 aromatic heterocycles. The number of rotatable bonds is 4. The van der Waals surface area contributed by atoms with E-state index in [1.165, 1.54) is 7.05 Å². The lowest BCUT2D eigenvalue weighted by Gasteiger charge is -2.07. The molecule has 0 spiro atoms. The van der Waals surface area contributed by atoms with Crippen molar-refractivity contribution < 1.29 is 9.53 Å². The number of benzene rings is 2. The highest BCUT2D eigenvalue weighted by molar-refractivity contribution is 6.06. The molecule has 6 nitrogen and oxygen atoms in total. The number of carbonyl (C=O) groups excluding carboxylic acids is 1. The number of aromatic amines is 1. The number of hydrogen-bond acceptors (Lipinski definition) is 3. The maximum Gasteiger partial charge on any atom is 0.274 e. The Morgan fingerprint density at radius 3 is 2.75 bits per heavy atom. The van der Waals surface area contributed by atoms with Gasteiger partial charge in [-0.05, 0) is 17.7 Å². The molecule has 0 saturated carbocycles. The van der Waals surface area contributed by atoms with Crippen LogP contribution in [-0.4, -0.2) is 23.9 Å². The van der Waals surface area contributed by atoms with Gasteiger partial charge in [0.15, 0.2) is 5.96 Å². The van der Waals surface area contributed by atoms with Crippen LogP contribution in [0.1, 0.15) is 16.1 Å². The predicted octanol–water partition coefficient (Wildman–Crippen LogP) is 2.42. The van der Waals surface area contributed by atoms with Crippen molar-refractivity contribution in [2.24, 2.45) is 10.7 Å². The first-order chi connectivity index (χ1) is 11.7. The Morgan fingerprint density at radius 1 is 1.21 bits per heavy atom. The summed E-state index contributed by atoms with van der Waals surface area (Å²) in [5, 5.41) is 3.39. The summed E-state index contributed by atoms with van der Waals surface area (Å²) in [7, 11) is 1.51. The van der Waals surface area contributed by atoms with Crippen LogP contribution in [0.15, 0.2) is 59.6 Å². The summed E-state index contributed by atoms with van der Waals surface area (Å²) in [6.45, 7) is 0.454. The number of aliphatic imine (C=N–C) groups is 1. The Balaban J connectivity index is 1.83. The lowest BCUT2D eigenvalue weighted by Crippen LogP contribution is -2.36. The molecule has 6 heteroatoms. The molecule has 0 fully saturated rings. The van der Waals surface area contributed by atoms with E-state index < -0.39 is 0 Å². The van der Waals surface area contributed by atoms with Crippen molar-refractivity contribution >= 4 is 22.8 Å². The van der Waals surface area contributed by atoms with Gasteiger partial charge in [-0.25, -0.2) is 0 Å². The molecule has 0 radical (unpaired) electrons. The van der Waals surface area contributed by atoms with E-state index >= 15 is 0 Å². The van der Waals surface area contributed by atoms with Crippen LogP contribution < -0.4 is 15.8 Å². The molecular formula is C18H18N4O2. The molecule has 0 aliphatic heterocycles. The zero-order valence-electron chi connectivity index (χ0n) is 13.2. The van der Waals surface area contributed by atoms with E-state index in [9.17, 15) is 4.79 Å². The van der Waals surface area contributed by atoms with Crippen LogP contribution in [-0.2, 0) is 6.61 Å². The molecule has 0 aliphatic carbocycles. The zero-order chi connectivity index (χ0) is 16.9. The topological polar surface area (TPSA) is 92.5 Å². The number of ether oxygens (including phenoxy) is 1. The summed E-state index contributed by atoms with van der Waals surface area (Å²) in [6, 6.07) is 17.3. The van der Waals surface area contributed by atoms with E-state index in [1.54, 1.807) is 6.07 Å². The third-order valence-corrected chi connectivity index (χ3v) is 3.58. The molecule has 0 atom stereocenters. The predicted molar refractivity (Wildman–Crippen MR) is 94.1 cm³/mol. The molecule has 3 aromatic rings. The fourth-order valence-electron chi connectivity index (χ4n) is 2.35. The number of nitrogens with one attached hydrogen (secondary N) is 2. The Kier molecular flexibility index (Phi) is 4.47. The summed E-state index contributed by atoms with van der Waals surface area (Å²) in [6.07, 6.45) is 0. The Bertz CT molecular complexity index is 884. The van der Waals surface area contributed by atoms with E-state index in [1.807, 2.05) is 48.5 Å². The fourth-order valence-corrected chi connectivity index (χ4v) is 2.35. The Labute approximate surface area is 139 Å². The van der Waals surface area contributed by atoms with Crippen LogP contribution in [0.2, 0.25) is 0 Å². The minimum atomic E-state index is -0.344. The van der Waals surface area contributed by atoms with E-state index in [2.05, 4.69) is 15.3 Å². The van der Waals surface area contributed by atoms with Crippen LogP contribution >= 0.6 is 0 Å². The van der Waals surface area contributed by atoms with Crippen molar-refractivity contribution in [1.82, 2.24) is 10.3 Å². The summed E-state index contributed by atoms with van der Waals surface area (Å²) in [5.41, 5.74) is 7.77. The highest BCUT2D eigenvalue weighted by Gasteiger charge is 2.13. The van der Waals surface area contributed by atoms with E-state index in [0.717, 1.165) is 16.5 Å². The minimum absolute atomic E-state index is 0.0687. The number of H-pyrrole nitrogens is 1. The second-order valence-electron chi connectivity index (χ2n) is 5.24. The SMILES string of the molecule is CN=C(N)NC(=O)c1cc2cccc(OCc3ccccc3)c2[nH]1. The first kappa shape index (κ1) is 15.6. The van der Waals surface area contributed by atoms with Crippen molar-refractivity contribution in [3.63, 3.8) is 0 Å². The monoisotopic (exact) mass is 322 g/mol. The van der Waals surface area contributed by atoms with E-state index in [0.29, 0.717) is 18.1 Å². The molecule has 2 aromatic carbocycles. The molecule has 1 heterocycles. The number of amides is 1. The van der Waals surface area contributed by atoms with Crippen LogP contribution in [0.3, 0.4) is 0 Å². The minimum Gasteiger partial charge on any atom is -0.487 e. The Hall–Kier alpha value is -3.28. The molecule has 0 saturated heterocycles. The van der Waals surface area contributed by atoms with Gasteiger partial charge in [-0.3, -0.25) is 15.1 Å². The van der Waals surface area contributed by atoms with Crippen LogP contribution in [0.4, 0.5) is 0 Å². The van der Waals surface area contributed by atoms with Gasteiger partial charge in [0.05, 0.1) is 5.52 Å². The van der Waals surface area contributed by atoms with Gasteiger partial charge in [-0.2, -0.15) is 0 Å². The van der Waals surface area contributed by atoms with E-state index in [-0.39, 0.29) is 11.9 Å². The number of aromatic nitrogens is 1. The highest BCUT2D eigenvalue weighted by atomic mass is 16.5. The highest BCUT2D eigenvalue weighted by Crippen LogP contribution is 2.26. The number of nitrogens with two attached hydrogens (primary N) is 1. The van der Waals surface area contributed by atoms with Crippen LogP contribution in [0.5, 0.6) is 5.75 Å². The number of para-hydroxylation sites is 1. The van der Waals surface area contributed by atoms with Gasteiger partial charge in [0.25, 0.3) is 5.91 Å². The third-order valence-electron chi connectivity index (χ3n) is 3.58. The maximum atomic E-state index is 12.1.